The summed E-state index contributed by atoms with van der Waals surface area (Å²) in [6, 6.07) is 17.9. The number of carbonyl (C=O) groups is 1. The van der Waals surface area contributed by atoms with E-state index in [-0.39, 0.29) is 0 Å². The molecule has 4 aliphatic rings. The van der Waals surface area contributed by atoms with E-state index in [1.165, 1.54) is 47.9 Å². The van der Waals surface area contributed by atoms with Crippen molar-refractivity contribution < 1.29 is 4.79 Å². The van der Waals surface area contributed by atoms with Crippen LogP contribution in [-0.4, -0.2) is 23.9 Å². The van der Waals surface area contributed by atoms with Gasteiger partial charge in [-0.1, -0.05) is 67.8 Å². The number of piperidine rings is 2. The van der Waals surface area contributed by atoms with E-state index in [0.29, 0.717) is 29.6 Å². The molecular weight excluding hydrogens is 342 g/mol. The van der Waals surface area contributed by atoms with Crippen LogP contribution in [-0.2, 0) is 4.79 Å². The largest absolute Gasteiger partial charge is 0.342 e. The van der Waals surface area contributed by atoms with Crippen LogP contribution in [0.15, 0.2) is 48.5 Å². The van der Waals surface area contributed by atoms with Gasteiger partial charge in [-0.3, -0.25) is 4.79 Å². The summed E-state index contributed by atoms with van der Waals surface area (Å²) in [7, 11) is 0. The van der Waals surface area contributed by atoms with E-state index < -0.39 is 0 Å². The number of hydrogen-bond donors (Lipinski definition) is 0. The number of nitrogens with zero attached hydrogens (tertiary/aromatic N) is 1. The lowest BCUT2D eigenvalue weighted by atomic mass is 9.59. The Hall–Kier alpha value is -2.09. The maximum atomic E-state index is 12.9. The summed E-state index contributed by atoms with van der Waals surface area (Å²) >= 11 is 0. The predicted octanol–water partition coefficient (Wildman–Crippen LogP) is 5.80. The Morgan fingerprint density at radius 2 is 1.57 bits per heavy atom. The van der Waals surface area contributed by atoms with Crippen molar-refractivity contribution in [2.45, 2.75) is 51.4 Å². The van der Waals surface area contributed by atoms with Crippen molar-refractivity contribution in [3.63, 3.8) is 0 Å². The molecule has 2 bridgehead atoms. The zero-order valence-corrected chi connectivity index (χ0v) is 16.9. The van der Waals surface area contributed by atoms with Crippen molar-refractivity contribution in [1.82, 2.24) is 4.90 Å². The van der Waals surface area contributed by atoms with E-state index in [4.69, 9.17) is 0 Å². The Balaban J connectivity index is 1.27. The van der Waals surface area contributed by atoms with E-state index in [2.05, 4.69) is 60.4 Å². The fraction of sp³-hybridized carbons (Fsp3) is 0.500. The smallest absolute Gasteiger partial charge is 0.225 e. The van der Waals surface area contributed by atoms with Crippen molar-refractivity contribution in [3.8, 4) is 11.1 Å². The molecule has 0 aromatic heterocycles. The summed E-state index contributed by atoms with van der Waals surface area (Å²) in [4.78, 5) is 15.1. The second-order valence-corrected chi connectivity index (χ2v) is 9.30. The number of carbonyl (C=O) groups excluding carboxylic acids is 1. The molecule has 146 valence electrons. The van der Waals surface area contributed by atoms with E-state index in [1.807, 2.05) is 0 Å². The highest BCUT2D eigenvalue weighted by molar-refractivity contribution is 5.79. The van der Waals surface area contributed by atoms with Gasteiger partial charge in [0.25, 0.3) is 0 Å². The average molecular weight is 374 g/mol. The molecule has 0 radical (unpaired) electrons. The van der Waals surface area contributed by atoms with Crippen molar-refractivity contribution in [2.75, 3.05) is 13.1 Å². The monoisotopic (exact) mass is 373 g/mol. The lowest BCUT2D eigenvalue weighted by Crippen LogP contribution is -2.56. The van der Waals surface area contributed by atoms with Crippen LogP contribution in [0.25, 0.3) is 11.1 Å². The summed E-state index contributed by atoms with van der Waals surface area (Å²) in [5, 5.41) is 0. The standard InChI is InChI=1S/C26H31NO/c1-18-7-5-6-10-24(18)19-11-13-20(14-12-19)25-22-15-23(25)17-27(16-22)26(28)21-8-3-2-4-9-21/h5-7,10-14,21-23,25H,2-4,8-9,15-17H2,1H3. The lowest BCUT2D eigenvalue weighted by molar-refractivity contribution is -0.144. The van der Waals surface area contributed by atoms with E-state index >= 15 is 0 Å². The first-order valence-corrected chi connectivity index (χ1v) is 11.2. The number of aryl methyl sites for hydroxylation is 1. The van der Waals surface area contributed by atoms with Crippen LogP contribution >= 0.6 is 0 Å². The number of amides is 1. The third kappa shape index (κ3) is 3.17. The molecule has 2 unspecified atom stereocenters. The van der Waals surface area contributed by atoms with Crippen molar-refractivity contribution in [1.29, 1.82) is 0 Å². The van der Waals surface area contributed by atoms with Crippen molar-refractivity contribution in [3.05, 3.63) is 59.7 Å². The zero-order chi connectivity index (χ0) is 19.1. The predicted molar refractivity (Wildman–Crippen MR) is 114 cm³/mol. The molecule has 2 nitrogen and oxygen atoms in total. The SMILES string of the molecule is Cc1ccccc1-c1ccc(C2C3CC2CN(C(=O)C2CCCCC2)C3)cc1. The molecule has 2 aromatic rings. The molecule has 0 spiro atoms. The number of fused-ring (bicyclic) bond motifs is 2. The van der Waals surface area contributed by atoms with Gasteiger partial charge in [0, 0.05) is 19.0 Å². The van der Waals surface area contributed by atoms with Gasteiger partial charge in [-0.25, -0.2) is 0 Å². The maximum absolute atomic E-state index is 12.9. The molecular formula is C26H31NO. The highest BCUT2D eigenvalue weighted by Gasteiger charge is 2.48. The van der Waals surface area contributed by atoms with Gasteiger partial charge in [-0.2, -0.15) is 0 Å². The summed E-state index contributed by atoms with van der Waals surface area (Å²) in [6.07, 6.45) is 7.34. The molecule has 1 amide bonds. The number of rotatable bonds is 3. The molecule has 2 aromatic carbocycles. The minimum absolute atomic E-state index is 0.318. The zero-order valence-electron chi connectivity index (χ0n) is 16.9. The first-order chi connectivity index (χ1) is 13.7. The molecule has 4 fully saturated rings. The van der Waals surface area contributed by atoms with E-state index in [1.54, 1.807) is 0 Å². The van der Waals surface area contributed by atoms with Gasteiger partial charge in [-0.15, -0.1) is 0 Å². The van der Waals surface area contributed by atoms with E-state index in [9.17, 15) is 4.79 Å². The van der Waals surface area contributed by atoms with Gasteiger partial charge in [0.1, 0.15) is 0 Å². The van der Waals surface area contributed by atoms with Crippen molar-refractivity contribution in [2.24, 2.45) is 17.8 Å². The van der Waals surface area contributed by atoms with Crippen LogP contribution < -0.4 is 0 Å². The molecule has 2 saturated heterocycles. The highest BCUT2D eigenvalue weighted by Crippen LogP contribution is 2.52. The van der Waals surface area contributed by atoms with E-state index in [0.717, 1.165) is 25.9 Å². The fourth-order valence-corrected chi connectivity index (χ4v) is 6.00. The molecule has 2 aliphatic carbocycles. The summed E-state index contributed by atoms with van der Waals surface area (Å²) in [5.74, 6) is 2.76. The van der Waals surface area contributed by atoms with Gasteiger partial charge < -0.3 is 4.90 Å². The second-order valence-electron chi connectivity index (χ2n) is 9.30. The summed E-state index contributed by atoms with van der Waals surface area (Å²) in [5.41, 5.74) is 5.43. The Morgan fingerprint density at radius 3 is 2.25 bits per heavy atom. The van der Waals surface area contributed by atoms with Gasteiger partial charge in [0.15, 0.2) is 0 Å². The quantitative estimate of drug-likeness (QED) is 0.665. The topological polar surface area (TPSA) is 20.3 Å². The Labute approximate surface area is 169 Å². The minimum Gasteiger partial charge on any atom is -0.342 e. The third-order valence-corrected chi connectivity index (χ3v) is 7.55. The summed E-state index contributed by atoms with van der Waals surface area (Å²) in [6.45, 7) is 4.14. The van der Waals surface area contributed by atoms with Gasteiger partial charge in [-0.05, 0) is 66.2 Å². The van der Waals surface area contributed by atoms with Crippen LogP contribution in [0.1, 0.15) is 55.6 Å². The van der Waals surface area contributed by atoms with Gasteiger partial charge in [0.05, 0.1) is 0 Å². The minimum atomic E-state index is 0.318. The van der Waals surface area contributed by atoms with Gasteiger partial charge in [0.2, 0.25) is 5.91 Å². The van der Waals surface area contributed by atoms with Gasteiger partial charge >= 0.3 is 0 Å². The first-order valence-electron chi connectivity index (χ1n) is 11.2. The lowest BCUT2D eigenvalue weighted by Gasteiger charge is -2.54. The van der Waals surface area contributed by atoms with Crippen LogP contribution in [0.2, 0.25) is 0 Å². The molecule has 0 N–H and O–H groups in total. The van der Waals surface area contributed by atoms with Crippen LogP contribution in [0.4, 0.5) is 0 Å². The number of benzene rings is 2. The molecule has 2 saturated carbocycles. The average Bonchev–Trinajstić information content (AvgIpc) is 2.75. The molecule has 2 heterocycles. The first kappa shape index (κ1) is 18.0. The van der Waals surface area contributed by atoms with Crippen LogP contribution in [0, 0.1) is 24.7 Å². The van der Waals surface area contributed by atoms with Crippen LogP contribution in [0.5, 0.6) is 0 Å². The molecule has 2 heteroatoms. The molecule has 2 atom stereocenters. The maximum Gasteiger partial charge on any atom is 0.225 e. The molecule has 6 rings (SSSR count). The number of hydrogen-bond acceptors (Lipinski definition) is 1. The van der Waals surface area contributed by atoms with Crippen molar-refractivity contribution >= 4 is 5.91 Å². The highest BCUT2D eigenvalue weighted by atomic mass is 16.2. The fourth-order valence-electron chi connectivity index (χ4n) is 6.00. The normalized spacial score (nSPS) is 27.3. The third-order valence-electron chi connectivity index (χ3n) is 7.55. The van der Waals surface area contributed by atoms with Crippen LogP contribution in [0.3, 0.4) is 0 Å². The Morgan fingerprint density at radius 1 is 0.893 bits per heavy atom. The molecule has 2 aliphatic heterocycles. The Bertz CT molecular complexity index is 837. The Kier molecular flexibility index (Phi) is 4.74. The molecule has 28 heavy (non-hydrogen) atoms. The second kappa shape index (κ2) is 7.39. The summed E-state index contributed by atoms with van der Waals surface area (Å²) < 4.78 is 0.